The second kappa shape index (κ2) is 4.36. The summed E-state index contributed by atoms with van der Waals surface area (Å²) in [5.41, 5.74) is -0.0775. The van der Waals surface area contributed by atoms with Crippen molar-refractivity contribution in [3.05, 3.63) is 30.7 Å². The first-order chi connectivity index (χ1) is 6.63. The van der Waals surface area contributed by atoms with Gasteiger partial charge in [-0.1, -0.05) is 6.08 Å². The van der Waals surface area contributed by atoms with E-state index in [2.05, 4.69) is 21.9 Å². The highest BCUT2D eigenvalue weighted by Crippen LogP contribution is 2.04. The number of aromatic carboxylic acids is 1. The normalized spacial score (nSPS) is 11.8. The molecule has 0 saturated heterocycles. The Kier molecular flexibility index (Phi) is 3.17. The van der Waals surface area contributed by atoms with E-state index in [-0.39, 0.29) is 11.7 Å². The molecule has 5 heteroatoms. The van der Waals surface area contributed by atoms with Crippen LogP contribution in [0.25, 0.3) is 0 Å². The number of rotatable bonds is 4. The van der Waals surface area contributed by atoms with Gasteiger partial charge in [-0.15, -0.1) is 6.58 Å². The van der Waals surface area contributed by atoms with E-state index in [0.29, 0.717) is 5.82 Å². The minimum Gasteiger partial charge on any atom is -0.476 e. The van der Waals surface area contributed by atoms with Crippen LogP contribution in [-0.2, 0) is 0 Å². The number of anilines is 1. The molecule has 0 aliphatic heterocycles. The Morgan fingerprint density at radius 3 is 3.00 bits per heavy atom. The van der Waals surface area contributed by atoms with Crippen molar-refractivity contribution in [1.29, 1.82) is 0 Å². The van der Waals surface area contributed by atoms with Gasteiger partial charge in [0.05, 0.1) is 12.4 Å². The molecule has 0 spiro atoms. The number of nitrogens with zero attached hydrogens (tertiary/aromatic N) is 2. The fourth-order valence-corrected chi connectivity index (χ4v) is 0.831. The summed E-state index contributed by atoms with van der Waals surface area (Å²) in [4.78, 5) is 18.2. The van der Waals surface area contributed by atoms with Crippen molar-refractivity contribution in [1.82, 2.24) is 9.97 Å². The Balaban J connectivity index is 2.83. The fraction of sp³-hybridized carbons (Fsp3) is 0.222. The molecule has 0 saturated carbocycles. The van der Waals surface area contributed by atoms with E-state index in [1.807, 2.05) is 6.92 Å². The third-order valence-electron chi connectivity index (χ3n) is 1.58. The first-order valence-electron chi connectivity index (χ1n) is 4.08. The number of hydrogen-bond donors (Lipinski definition) is 2. The summed E-state index contributed by atoms with van der Waals surface area (Å²) in [5.74, 6) is -0.662. The third kappa shape index (κ3) is 2.55. The van der Waals surface area contributed by atoms with Crippen molar-refractivity contribution >= 4 is 11.8 Å². The molecule has 1 aromatic heterocycles. The first-order valence-corrected chi connectivity index (χ1v) is 4.08. The second-order valence-corrected chi connectivity index (χ2v) is 2.76. The van der Waals surface area contributed by atoms with Gasteiger partial charge >= 0.3 is 5.97 Å². The Hall–Kier alpha value is -1.91. The van der Waals surface area contributed by atoms with Crippen LogP contribution in [0.5, 0.6) is 0 Å². The molecular weight excluding hydrogens is 182 g/mol. The summed E-state index contributed by atoms with van der Waals surface area (Å²) in [6, 6.07) is 0.0216. The van der Waals surface area contributed by atoms with Crippen molar-refractivity contribution < 1.29 is 9.90 Å². The smallest absolute Gasteiger partial charge is 0.356 e. The van der Waals surface area contributed by atoms with Crippen molar-refractivity contribution in [2.24, 2.45) is 0 Å². The van der Waals surface area contributed by atoms with Crippen molar-refractivity contribution in [3.8, 4) is 0 Å². The van der Waals surface area contributed by atoms with E-state index >= 15 is 0 Å². The van der Waals surface area contributed by atoms with Gasteiger partial charge in [-0.2, -0.15) is 0 Å². The van der Waals surface area contributed by atoms with Gasteiger partial charge in [-0.25, -0.2) is 9.78 Å². The summed E-state index contributed by atoms with van der Waals surface area (Å²) in [6.45, 7) is 5.46. The summed E-state index contributed by atoms with van der Waals surface area (Å²) in [6.07, 6.45) is 4.35. The molecule has 1 atom stereocenters. The predicted molar refractivity (Wildman–Crippen MR) is 52.3 cm³/mol. The Labute approximate surface area is 81.5 Å². The number of hydrogen-bond acceptors (Lipinski definition) is 4. The molecule has 1 unspecified atom stereocenters. The van der Waals surface area contributed by atoms with Crippen molar-refractivity contribution in [2.75, 3.05) is 5.32 Å². The van der Waals surface area contributed by atoms with Gasteiger partial charge in [0.15, 0.2) is 5.69 Å². The van der Waals surface area contributed by atoms with Crippen LogP contribution >= 0.6 is 0 Å². The molecule has 0 amide bonds. The zero-order valence-electron chi connectivity index (χ0n) is 7.77. The standard InChI is InChI=1S/C9H11N3O2/c1-3-6(2)11-8-5-10-4-7(12-8)9(13)14/h3-6H,1H2,2H3,(H,11,12)(H,13,14). The minimum absolute atomic E-state index is 0.0216. The number of carbonyl (C=O) groups is 1. The van der Waals surface area contributed by atoms with Crippen LogP contribution in [-0.4, -0.2) is 27.1 Å². The number of carboxylic acids is 1. The highest BCUT2D eigenvalue weighted by atomic mass is 16.4. The lowest BCUT2D eigenvalue weighted by Crippen LogP contribution is -2.14. The third-order valence-corrected chi connectivity index (χ3v) is 1.58. The SMILES string of the molecule is C=CC(C)Nc1cncc(C(=O)O)n1. The van der Waals surface area contributed by atoms with Crippen LogP contribution in [0.1, 0.15) is 17.4 Å². The molecule has 0 radical (unpaired) electrons. The molecule has 2 N–H and O–H groups in total. The zero-order valence-corrected chi connectivity index (χ0v) is 7.77. The molecule has 0 bridgehead atoms. The lowest BCUT2D eigenvalue weighted by molar-refractivity contribution is 0.0690. The topological polar surface area (TPSA) is 75.1 Å². The molecule has 14 heavy (non-hydrogen) atoms. The van der Waals surface area contributed by atoms with Crippen molar-refractivity contribution in [2.45, 2.75) is 13.0 Å². The number of carboxylic acid groups (broad SMARTS) is 1. The molecule has 74 valence electrons. The summed E-state index contributed by atoms with van der Waals surface area (Å²) < 4.78 is 0. The number of nitrogens with one attached hydrogen (secondary N) is 1. The maximum Gasteiger partial charge on any atom is 0.356 e. The quantitative estimate of drug-likeness (QED) is 0.702. The number of aromatic nitrogens is 2. The van der Waals surface area contributed by atoms with E-state index in [1.165, 1.54) is 12.4 Å². The van der Waals surface area contributed by atoms with Gasteiger partial charge in [0, 0.05) is 6.04 Å². The van der Waals surface area contributed by atoms with Crippen molar-refractivity contribution in [3.63, 3.8) is 0 Å². The average Bonchev–Trinajstić information content (AvgIpc) is 2.18. The predicted octanol–water partition coefficient (Wildman–Crippen LogP) is 1.16. The average molecular weight is 193 g/mol. The maximum atomic E-state index is 10.6. The molecule has 0 aliphatic rings. The molecule has 0 fully saturated rings. The molecular formula is C9H11N3O2. The van der Waals surface area contributed by atoms with E-state index in [9.17, 15) is 4.79 Å². The van der Waals surface area contributed by atoms with Gasteiger partial charge in [-0.05, 0) is 6.92 Å². The van der Waals surface area contributed by atoms with E-state index in [0.717, 1.165) is 0 Å². The molecule has 1 heterocycles. The maximum absolute atomic E-state index is 10.6. The highest BCUT2D eigenvalue weighted by Gasteiger charge is 2.06. The first kappa shape index (κ1) is 10.2. The Morgan fingerprint density at radius 2 is 2.43 bits per heavy atom. The zero-order chi connectivity index (χ0) is 10.6. The molecule has 1 rings (SSSR count). The summed E-state index contributed by atoms with van der Waals surface area (Å²) >= 11 is 0. The second-order valence-electron chi connectivity index (χ2n) is 2.76. The van der Waals surface area contributed by atoms with E-state index in [1.54, 1.807) is 6.08 Å². The lowest BCUT2D eigenvalue weighted by Gasteiger charge is -2.08. The van der Waals surface area contributed by atoms with Gasteiger partial charge in [0.1, 0.15) is 5.82 Å². The molecule has 5 nitrogen and oxygen atoms in total. The Bertz CT molecular complexity index is 352. The largest absolute Gasteiger partial charge is 0.476 e. The summed E-state index contributed by atoms with van der Waals surface area (Å²) in [5, 5.41) is 11.6. The van der Waals surface area contributed by atoms with E-state index < -0.39 is 5.97 Å². The van der Waals surface area contributed by atoms with Crippen LogP contribution in [0.4, 0.5) is 5.82 Å². The summed E-state index contributed by atoms with van der Waals surface area (Å²) in [7, 11) is 0. The van der Waals surface area contributed by atoms with Crippen LogP contribution in [0.15, 0.2) is 25.0 Å². The molecule has 0 aromatic carbocycles. The Morgan fingerprint density at radius 1 is 1.71 bits per heavy atom. The van der Waals surface area contributed by atoms with Gasteiger partial charge in [-0.3, -0.25) is 4.98 Å². The van der Waals surface area contributed by atoms with Crippen LogP contribution in [0.2, 0.25) is 0 Å². The molecule has 0 aliphatic carbocycles. The minimum atomic E-state index is -1.09. The molecule has 1 aromatic rings. The highest BCUT2D eigenvalue weighted by molar-refractivity contribution is 5.85. The monoisotopic (exact) mass is 193 g/mol. The van der Waals surface area contributed by atoms with Crippen LogP contribution in [0.3, 0.4) is 0 Å². The fourth-order valence-electron chi connectivity index (χ4n) is 0.831. The van der Waals surface area contributed by atoms with Gasteiger partial charge < -0.3 is 10.4 Å². The van der Waals surface area contributed by atoms with Gasteiger partial charge in [0.25, 0.3) is 0 Å². The van der Waals surface area contributed by atoms with Gasteiger partial charge in [0.2, 0.25) is 0 Å². The van der Waals surface area contributed by atoms with E-state index in [4.69, 9.17) is 5.11 Å². The lowest BCUT2D eigenvalue weighted by atomic mass is 10.3. The van der Waals surface area contributed by atoms with Crippen LogP contribution in [0, 0.1) is 0 Å². The van der Waals surface area contributed by atoms with Crippen LogP contribution < -0.4 is 5.32 Å².